The number of rotatable bonds is 43. The fourth-order valence-electron chi connectivity index (χ4n) is 15.7. The van der Waals surface area contributed by atoms with Gasteiger partial charge in [-0.3, -0.25) is 43.8 Å². The van der Waals surface area contributed by atoms with Gasteiger partial charge in [0.1, 0.15) is 83.3 Å². The molecule has 0 aliphatic carbocycles. The number of nitrogens with two attached hydrogens (primary N) is 1. The van der Waals surface area contributed by atoms with E-state index in [1.54, 1.807) is 24.3 Å². The average molecular weight is 1840 g/mol. The molecule has 9 aromatic rings. The van der Waals surface area contributed by atoms with Crippen molar-refractivity contribution in [2.45, 2.75) is 208 Å². The van der Waals surface area contributed by atoms with E-state index in [2.05, 4.69) is 169 Å². The van der Waals surface area contributed by atoms with Crippen LogP contribution in [0.3, 0.4) is 0 Å². The van der Waals surface area contributed by atoms with E-state index in [4.69, 9.17) is 64.7 Å². The molecule has 0 saturated carbocycles. The number of aliphatic carboxylic acids is 1. The second-order valence-electron chi connectivity index (χ2n) is 38.0. The summed E-state index contributed by atoms with van der Waals surface area (Å²) in [6, 6.07) is 30.2. The maximum absolute atomic E-state index is 14.2. The average Bonchev–Trinajstić information content (AvgIpc) is 1.58. The zero-order valence-corrected chi connectivity index (χ0v) is 79.1. The molecule has 8 bridgehead atoms. The van der Waals surface area contributed by atoms with E-state index in [-0.39, 0.29) is 156 Å². The van der Waals surface area contributed by atoms with Gasteiger partial charge in [0.25, 0.3) is 0 Å². The number of aromatic amines is 2. The van der Waals surface area contributed by atoms with Crippen LogP contribution in [0.1, 0.15) is 172 Å². The summed E-state index contributed by atoms with van der Waals surface area (Å²) < 4.78 is 28.8. The maximum atomic E-state index is 14.2. The van der Waals surface area contributed by atoms with Gasteiger partial charge < -0.3 is 97.5 Å². The summed E-state index contributed by atoms with van der Waals surface area (Å²) in [6.07, 6.45) is 0.102. The highest BCUT2D eigenvalue weighted by Crippen LogP contribution is 2.45. The Morgan fingerprint density at radius 2 is 0.963 bits per heavy atom. The number of carboxylic acids is 1. The lowest BCUT2D eigenvalue weighted by atomic mass is 9.82. The van der Waals surface area contributed by atoms with Gasteiger partial charge in [0, 0.05) is 87.9 Å². The Morgan fingerprint density at radius 3 is 1.53 bits per heavy atom. The van der Waals surface area contributed by atoms with Crippen molar-refractivity contribution in [1.82, 2.24) is 82.4 Å². The Balaban J connectivity index is 0.596. The number of nitrogens with zero attached hydrogens (tertiary/aromatic N) is 6. The van der Waals surface area contributed by atoms with Crippen LogP contribution < -0.4 is 58.3 Å². The molecule has 2 aliphatic rings. The van der Waals surface area contributed by atoms with Crippen molar-refractivity contribution in [2.75, 3.05) is 71.3 Å². The quantitative estimate of drug-likeness (QED) is 0.00959. The van der Waals surface area contributed by atoms with E-state index >= 15 is 0 Å². The number of benzene rings is 6. The molecule has 0 radical (unpaired) electrons. The molecule has 16 N–H and O–H groups in total. The molecule has 2 aliphatic heterocycles. The summed E-state index contributed by atoms with van der Waals surface area (Å²) in [4.78, 5) is 160. The molecule has 0 spiro atoms. The summed E-state index contributed by atoms with van der Waals surface area (Å²) in [5.41, 5.74) is 14.4. The number of amides is 8. The molecule has 35 heteroatoms. The number of hydrogen-bond acceptors (Lipinski definition) is 22. The fraction of sp³-hybridized carbons (Fsp3) is 0.455. The van der Waals surface area contributed by atoms with Gasteiger partial charge in [-0.2, -0.15) is 0 Å². The fourth-order valence-corrected chi connectivity index (χ4v) is 15.7. The molecule has 35 nitrogen and oxygen atoms in total. The number of guanidine groups is 1. The van der Waals surface area contributed by atoms with E-state index in [1.807, 2.05) is 65.8 Å². The van der Waals surface area contributed by atoms with Crippen LogP contribution in [0.2, 0.25) is 0 Å². The van der Waals surface area contributed by atoms with Crippen molar-refractivity contribution in [2.24, 2.45) is 23.5 Å². The first-order valence-corrected chi connectivity index (χ1v) is 45.5. The molecule has 714 valence electrons. The Kier molecular flexibility index (Phi) is 34.2. The molecule has 0 saturated heterocycles. The second kappa shape index (κ2) is 45.4. The standard InChI is InChI=1S/C99H127N19O16/c1-54(2)47-73(93(126)109-74(48-55(3)4)94(127)110-75(95(128)129)49-58-28-32-60(119)33-29-58)108-92(125)71(27-20-39-103-96(100)101)107-91(124)57(7)104-77(121)51-72(56(5)6)106-76(120)38-41-130-43-45-132-46-44-131-42-40-102-78(122)52-133-53-79(123)105-59-30-34-61(35-31-59)134-62-36-37-63-67(50-62)87-111-83(63)113-88-82-66(23-19-26-70(82)99(14,15)16)86(116-88)117-89-80-64(21-17-24-68(80)97(8,9)10)84(114-89)112-85-65-22-18-25-69(98(11,12)13)81(65)90(115-85)118-87/h17-19,21-26,28-37,50,54-57,71-75,119H,20,27,38-49,51-53H2,1-16H3,(H,102,122)(H,104,121)(H,105,123)(H,106,120)(H,107,124)(H,108,125)(H,109,126)(H,110,127)(H,128,129)(H4,100,101,103)(H2,111,112,113,114,115,116,117,118)/t57-,71-,72+,73-,74-,75-/m0/s1. The van der Waals surface area contributed by atoms with E-state index in [1.165, 1.54) is 31.2 Å². The zero-order chi connectivity index (χ0) is 97.0. The topological polar surface area (TPSA) is 507 Å². The maximum Gasteiger partial charge on any atom is 0.326 e. The van der Waals surface area contributed by atoms with Crippen LogP contribution in [-0.2, 0) is 84.8 Å². The first-order valence-electron chi connectivity index (χ1n) is 45.5. The van der Waals surface area contributed by atoms with Gasteiger partial charge in [-0.05, 0) is 143 Å². The molecule has 6 atom stereocenters. The molecule has 8 amide bonds. The van der Waals surface area contributed by atoms with Gasteiger partial charge in [0.15, 0.2) is 29.3 Å². The number of fused-ring (bicyclic) bond motifs is 20. The molecular weight excluding hydrogens is 1710 g/mol. The number of phenolic OH excluding ortho intramolecular Hbond substituents is 1. The minimum atomic E-state index is -1.38. The highest BCUT2D eigenvalue weighted by molar-refractivity contribution is 6.09. The van der Waals surface area contributed by atoms with E-state index in [9.17, 15) is 53.4 Å². The number of phenols is 1. The summed E-state index contributed by atoms with van der Waals surface area (Å²) in [5, 5.41) is 55.2. The van der Waals surface area contributed by atoms with Crippen LogP contribution in [0.15, 0.2) is 121 Å². The molecule has 0 unspecified atom stereocenters. The van der Waals surface area contributed by atoms with Gasteiger partial charge in [0.05, 0.1) is 39.6 Å². The van der Waals surface area contributed by atoms with E-state index in [0.717, 1.165) is 54.9 Å². The first kappa shape index (κ1) is 101. The van der Waals surface area contributed by atoms with E-state index < -0.39 is 90.2 Å². The Bertz CT molecular complexity index is 5930. The summed E-state index contributed by atoms with van der Waals surface area (Å²) in [5.74, 6) is -4.16. The molecule has 0 fully saturated rings. The van der Waals surface area contributed by atoms with Crippen molar-refractivity contribution in [3.8, 4) is 62.8 Å². The predicted molar refractivity (Wildman–Crippen MR) is 512 cm³/mol. The number of ether oxygens (including phenoxy) is 5. The third kappa shape index (κ3) is 27.6. The van der Waals surface area contributed by atoms with Gasteiger partial charge >= 0.3 is 5.97 Å². The third-order valence-electron chi connectivity index (χ3n) is 22.5. The summed E-state index contributed by atoms with van der Waals surface area (Å²) in [6.45, 7) is 32.6. The Hall–Kier alpha value is -13.4. The normalized spacial score (nSPS) is 13.4. The van der Waals surface area contributed by atoms with Crippen molar-refractivity contribution in [1.29, 1.82) is 5.41 Å². The lowest BCUT2D eigenvalue weighted by Crippen LogP contribution is -2.59. The van der Waals surface area contributed by atoms with Crippen molar-refractivity contribution >= 4 is 109 Å². The van der Waals surface area contributed by atoms with Crippen molar-refractivity contribution < 1.29 is 77.0 Å². The second-order valence-corrected chi connectivity index (χ2v) is 38.0. The molecular formula is C99H127N19O16. The van der Waals surface area contributed by atoms with Gasteiger partial charge in [-0.25, -0.2) is 34.7 Å². The molecule has 3 aromatic heterocycles. The third-order valence-corrected chi connectivity index (χ3v) is 22.5. The summed E-state index contributed by atoms with van der Waals surface area (Å²) in [7, 11) is 0. The van der Waals surface area contributed by atoms with Gasteiger partial charge in [-0.15, -0.1) is 0 Å². The van der Waals surface area contributed by atoms with Crippen LogP contribution in [0.25, 0.3) is 89.7 Å². The molecule has 11 rings (SSSR count). The number of H-pyrrole nitrogens is 2. The number of carbonyl (C=O) groups is 9. The number of anilines is 1. The number of aromatic nitrogens is 8. The monoisotopic (exact) mass is 1840 g/mol. The van der Waals surface area contributed by atoms with Crippen LogP contribution in [-0.4, -0.2) is 211 Å². The Morgan fingerprint density at radius 1 is 0.463 bits per heavy atom. The zero-order valence-electron chi connectivity index (χ0n) is 79.1. The van der Waals surface area contributed by atoms with Crippen LogP contribution in [0, 0.1) is 23.2 Å². The lowest BCUT2D eigenvalue weighted by Gasteiger charge is -2.28. The van der Waals surface area contributed by atoms with Crippen molar-refractivity contribution in [3.05, 3.63) is 144 Å². The van der Waals surface area contributed by atoms with Crippen LogP contribution in [0.5, 0.6) is 17.2 Å². The molecule has 5 heterocycles. The highest BCUT2D eigenvalue weighted by Gasteiger charge is 2.36. The molecule has 134 heavy (non-hydrogen) atoms. The Labute approximate surface area is 779 Å². The van der Waals surface area contributed by atoms with Crippen LogP contribution in [0.4, 0.5) is 5.69 Å². The smallest absolute Gasteiger partial charge is 0.326 e. The highest BCUT2D eigenvalue weighted by atomic mass is 16.5. The number of aromatic hydroxyl groups is 1. The number of carboxylic acid groups (broad SMARTS) is 1. The number of hydrogen-bond donors (Lipinski definition) is 15. The number of nitrogens with one attached hydrogen (secondary N) is 12. The van der Waals surface area contributed by atoms with Gasteiger partial charge in [-0.1, -0.05) is 171 Å². The largest absolute Gasteiger partial charge is 0.508 e. The van der Waals surface area contributed by atoms with Crippen molar-refractivity contribution in [3.63, 3.8) is 0 Å². The van der Waals surface area contributed by atoms with Crippen LogP contribution >= 0.6 is 0 Å². The first-order chi connectivity index (χ1) is 63.5. The SMILES string of the molecule is CC(C)C[C@H](NC(=O)[C@H](CC(C)C)NC(=O)[C@H](CCCNC(=N)N)NC(=O)[C@H](C)NC(=O)C[C@@H](NC(=O)CCOCCOCCOCCNC(=O)COCC(=O)Nc1ccc(Oc2ccc3c(c2)-c2nc-3nc3[nH]c(nc4nc(nc5[nH]c(n2)c2c(C(C)(C)C)cccc52)-c2cccc(C(C)(C)C)c2-4)c2cccc(C(C)(C)C)c32)cc1)C(C)C)C(=O)N[C@@H](Cc1ccc(O)cc1)C(=O)O. The molecule has 6 aromatic carbocycles. The van der Waals surface area contributed by atoms with E-state index in [0.29, 0.717) is 74.2 Å². The lowest BCUT2D eigenvalue weighted by molar-refractivity contribution is -0.142. The van der Waals surface area contributed by atoms with Gasteiger partial charge in [0.2, 0.25) is 47.3 Å². The minimum Gasteiger partial charge on any atom is -0.508 e. The number of carbonyl (C=O) groups excluding carboxylic acids is 8. The minimum absolute atomic E-state index is 0.0000996. The predicted octanol–water partition coefficient (Wildman–Crippen LogP) is 11.4. The summed E-state index contributed by atoms with van der Waals surface area (Å²) >= 11 is 0.